The Morgan fingerprint density at radius 2 is 1.95 bits per heavy atom. The molecular formula is C15H18N2O2. The molecule has 1 saturated heterocycles. The number of benzene rings is 1. The molecule has 0 bridgehead atoms. The van der Waals surface area contributed by atoms with Gasteiger partial charge in [0.05, 0.1) is 17.6 Å². The molecule has 19 heavy (non-hydrogen) atoms. The number of carboxylic acid groups (broad SMARTS) is 1. The van der Waals surface area contributed by atoms with Gasteiger partial charge in [-0.3, -0.25) is 9.69 Å². The number of carbonyl (C=O) groups is 1. The van der Waals surface area contributed by atoms with E-state index in [9.17, 15) is 4.79 Å². The zero-order valence-corrected chi connectivity index (χ0v) is 11.2. The second kappa shape index (κ2) is 5.41. The number of nitrogens with zero attached hydrogens (tertiary/aromatic N) is 2. The molecule has 0 aromatic heterocycles. The van der Waals surface area contributed by atoms with Crippen LogP contribution >= 0.6 is 0 Å². The van der Waals surface area contributed by atoms with Gasteiger partial charge in [-0.25, -0.2) is 0 Å². The maximum absolute atomic E-state index is 10.9. The first kappa shape index (κ1) is 13.6. The second-order valence-electron chi connectivity index (χ2n) is 5.25. The van der Waals surface area contributed by atoms with E-state index >= 15 is 0 Å². The van der Waals surface area contributed by atoms with E-state index in [4.69, 9.17) is 10.4 Å². The Labute approximate surface area is 113 Å². The number of carboxylic acids is 1. The van der Waals surface area contributed by atoms with Crippen molar-refractivity contribution in [1.29, 1.82) is 5.26 Å². The molecule has 4 heteroatoms. The Hall–Kier alpha value is -1.86. The first-order valence-corrected chi connectivity index (χ1v) is 6.50. The second-order valence-corrected chi connectivity index (χ2v) is 5.25. The van der Waals surface area contributed by atoms with Crippen molar-refractivity contribution in [1.82, 2.24) is 4.90 Å². The molecule has 1 aromatic rings. The fourth-order valence-electron chi connectivity index (χ4n) is 2.43. The van der Waals surface area contributed by atoms with Crippen LogP contribution in [-0.2, 0) is 4.79 Å². The van der Waals surface area contributed by atoms with Gasteiger partial charge in [0.15, 0.2) is 0 Å². The molecule has 1 heterocycles. The van der Waals surface area contributed by atoms with Crippen LogP contribution in [-0.4, -0.2) is 29.1 Å². The van der Waals surface area contributed by atoms with E-state index in [2.05, 4.69) is 17.9 Å². The summed E-state index contributed by atoms with van der Waals surface area (Å²) >= 11 is 0. The summed E-state index contributed by atoms with van der Waals surface area (Å²) in [5.74, 6) is -0.738. The maximum atomic E-state index is 10.9. The Morgan fingerprint density at radius 3 is 2.42 bits per heavy atom. The summed E-state index contributed by atoms with van der Waals surface area (Å²) in [6.45, 7) is 5.54. The number of likely N-dealkylation sites (tertiary alicyclic amines) is 1. The summed E-state index contributed by atoms with van der Waals surface area (Å²) in [4.78, 5) is 13.2. The third-order valence-electron chi connectivity index (χ3n) is 4.10. The van der Waals surface area contributed by atoms with Crippen LogP contribution in [0.15, 0.2) is 24.3 Å². The molecule has 1 aliphatic heterocycles. The predicted molar refractivity (Wildman–Crippen MR) is 71.4 cm³/mol. The molecular weight excluding hydrogens is 240 g/mol. The van der Waals surface area contributed by atoms with Crippen molar-refractivity contribution < 1.29 is 9.90 Å². The average molecular weight is 258 g/mol. The Morgan fingerprint density at radius 1 is 1.37 bits per heavy atom. The minimum atomic E-state index is -0.712. The topological polar surface area (TPSA) is 64.3 Å². The molecule has 1 N–H and O–H groups in total. The molecule has 2 rings (SSSR count). The summed E-state index contributed by atoms with van der Waals surface area (Å²) in [7, 11) is 0. The van der Waals surface area contributed by atoms with Gasteiger partial charge in [-0.2, -0.15) is 5.26 Å². The van der Waals surface area contributed by atoms with E-state index < -0.39 is 5.97 Å². The van der Waals surface area contributed by atoms with Crippen molar-refractivity contribution in [3.8, 4) is 6.07 Å². The lowest BCUT2D eigenvalue weighted by atomic mass is 9.85. The molecule has 1 aromatic carbocycles. The summed E-state index contributed by atoms with van der Waals surface area (Å²) in [6, 6.07) is 9.96. The van der Waals surface area contributed by atoms with Crippen molar-refractivity contribution in [3.05, 3.63) is 35.4 Å². The van der Waals surface area contributed by atoms with Gasteiger partial charge in [0.25, 0.3) is 0 Å². The van der Waals surface area contributed by atoms with E-state index in [1.54, 1.807) is 6.92 Å². The highest BCUT2D eigenvalue weighted by molar-refractivity contribution is 5.70. The lowest BCUT2D eigenvalue weighted by Crippen LogP contribution is -2.51. The SMILES string of the molecule is CC(C(=O)O)C1CN(C(C)c2ccc(C#N)cc2)C1. The van der Waals surface area contributed by atoms with E-state index in [-0.39, 0.29) is 17.9 Å². The molecule has 0 aliphatic carbocycles. The molecule has 0 spiro atoms. The minimum Gasteiger partial charge on any atom is -0.481 e. The van der Waals surface area contributed by atoms with Crippen molar-refractivity contribution in [2.75, 3.05) is 13.1 Å². The lowest BCUT2D eigenvalue weighted by molar-refractivity contribution is -0.146. The Bertz CT molecular complexity index is 498. The zero-order valence-electron chi connectivity index (χ0n) is 11.2. The fraction of sp³-hybridized carbons (Fsp3) is 0.467. The van der Waals surface area contributed by atoms with Crippen molar-refractivity contribution in [2.45, 2.75) is 19.9 Å². The van der Waals surface area contributed by atoms with Crippen LogP contribution in [0.25, 0.3) is 0 Å². The maximum Gasteiger partial charge on any atom is 0.306 e. The van der Waals surface area contributed by atoms with Crippen molar-refractivity contribution in [2.24, 2.45) is 11.8 Å². The van der Waals surface area contributed by atoms with E-state index in [1.807, 2.05) is 24.3 Å². The fourth-order valence-corrected chi connectivity index (χ4v) is 2.43. The van der Waals surface area contributed by atoms with Crippen LogP contribution in [0, 0.1) is 23.2 Å². The summed E-state index contributed by atoms with van der Waals surface area (Å²) in [6.07, 6.45) is 0. The van der Waals surface area contributed by atoms with Gasteiger partial charge in [0.1, 0.15) is 0 Å². The Balaban J connectivity index is 1.94. The number of nitriles is 1. The normalized spacial score (nSPS) is 19.2. The first-order valence-electron chi connectivity index (χ1n) is 6.50. The smallest absolute Gasteiger partial charge is 0.306 e. The van der Waals surface area contributed by atoms with Crippen molar-refractivity contribution in [3.63, 3.8) is 0 Å². The third kappa shape index (κ3) is 2.77. The molecule has 2 atom stereocenters. The van der Waals surface area contributed by atoms with E-state index in [0.29, 0.717) is 5.56 Å². The standard InChI is InChI=1S/C15H18N2O2/c1-10(15(18)19)14-8-17(9-14)11(2)13-5-3-12(7-16)4-6-13/h3-6,10-11,14H,8-9H2,1-2H3,(H,18,19). The van der Waals surface area contributed by atoms with Gasteiger partial charge in [-0.1, -0.05) is 19.1 Å². The molecule has 1 aliphatic rings. The summed E-state index contributed by atoms with van der Waals surface area (Å²) in [5, 5.41) is 17.7. The van der Waals surface area contributed by atoms with Gasteiger partial charge < -0.3 is 5.11 Å². The highest BCUT2D eigenvalue weighted by Gasteiger charge is 2.36. The zero-order chi connectivity index (χ0) is 14.0. The van der Waals surface area contributed by atoms with Gasteiger partial charge in [-0.05, 0) is 30.5 Å². The molecule has 1 fully saturated rings. The molecule has 2 unspecified atom stereocenters. The van der Waals surface area contributed by atoms with Crippen LogP contribution < -0.4 is 0 Å². The molecule has 0 saturated carbocycles. The van der Waals surface area contributed by atoms with E-state index in [1.165, 1.54) is 5.56 Å². The number of rotatable bonds is 4. The van der Waals surface area contributed by atoms with Crippen LogP contribution in [0.4, 0.5) is 0 Å². The van der Waals surface area contributed by atoms with Crippen LogP contribution in [0.2, 0.25) is 0 Å². The largest absolute Gasteiger partial charge is 0.481 e. The van der Waals surface area contributed by atoms with Crippen LogP contribution in [0.5, 0.6) is 0 Å². The third-order valence-corrected chi connectivity index (χ3v) is 4.10. The Kier molecular flexibility index (Phi) is 3.87. The van der Waals surface area contributed by atoms with Gasteiger partial charge in [0.2, 0.25) is 0 Å². The van der Waals surface area contributed by atoms with Gasteiger partial charge in [-0.15, -0.1) is 0 Å². The molecule has 4 nitrogen and oxygen atoms in total. The lowest BCUT2D eigenvalue weighted by Gasteiger charge is -2.45. The number of hydrogen-bond acceptors (Lipinski definition) is 3. The predicted octanol–water partition coefficient (Wildman–Crippen LogP) is 2.27. The molecule has 100 valence electrons. The van der Waals surface area contributed by atoms with Crippen LogP contribution in [0.3, 0.4) is 0 Å². The molecule has 0 amide bonds. The van der Waals surface area contributed by atoms with Gasteiger partial charge in [0, 0.05) is 19.1 Å². The highest BCUT2D eigenvalue weighted by Crippen LogP contribution is 2.32. The van der Waals surface area contributed by atoms with E-state index in [0.717, 1.165) is 13.1 Å². The van der Waals surface area contributed by atoms with Gasteiger partial charge >= 0.3 is 5.97 Å². The molecule has 0 radical (unpaired) electrons. The van der Waals surface area contributed by atoms with Crippen LogP contribution in [0.1, 0.15) is 31.0 Å². The summed E-state index contributed by atoms with van der Waals surface area (Å²) < 4.78 is 0. The highest BCUT2D eigenvalue weighted by atomic mass is 16.4. The number of aliphatic carboxylic acids is 1. The quantitative estimate of drug-likeness (QED) is 0.899. The number of hydrogen-bond donors (Lipinski definition) is 1. The van der Waals surface area contributed by atoms with Crippen molar-refractivity contribution >= 4 is 5.97 Å². The minimum absolute atomic E-state index is 0.248. The average Bonchev–Trinajstić information content (AvgIpc) is 2.36. The first-order chi connectivity index (χ1) is 9.02. The monoisotopic (exact) mass is 258 g/mol. The summed E-state index contributed by atoms with van der Waals surface area (Å²) in [5.41, 5.74) is 1.83.